The molecule has 18 heteroatoms. The lowest BCUT2D eigenvalue weighted by Gasteiger charge is -2.04. The molecule has 0 aliphatic heterocycles. The number of anilines is 1. The predicted octanol–water partition coefficient (Wildman–Crippen LogP) is 34.1. The Morgan fingerprint density at radius 3 is 0.804 bits per heavy atom. The van der Waals surface area contributed by atoms with Gasteiger partial charge in [-0.3, -0.25) is 10.1 Å². The van der Waals surface area contributed by atoms with Crippen LogP contribution in [-0.4, -0.2) is 34.8 Å². The summed E-state index contributed by atoms with van der Waals surface area (Å²) < 4.78 is 42.2. The standard InChI is InChI=1S/C24H15NO3.C22H17NO.C21H14N2O3.C21H16N2O.C21H13NO.C21H15NO/c26-24-19(15-18-13-7-8-14-20(18)27-24)23-25-21(16-9-3-1-4-10-16)22(28-23)17-11-5-2-6-12-17;1-16-12-14-19(15-13-16)22-23-20(17-8-4-2-5-9-17)21(24-22)18-10-6-3-7-11-18;24-23(25)18-13-11-17(12-14-18)21-22-19(15-7-3-1-4-8-15)20(26-21)16-9-5-2-6-10-16;22-18-13-11-17(12-14-18)21-23-19(15-7-3-1-4-8-15)20(24-21)16-9-5-2-6-10-16;1-2-8-14(9-3-1)21-22-19-17-12-6-4-10-15(17)16-11-5-7-13-18(16)20(19)23-21;1-4-10-16(11-5-1)19-20(17-12-6-2-7-13-17)23-21(22-19)18-14-8-3-9-15-18/h1-15H;2-15H,1H3;1-14H;1-14H,22H2;1-13H;1-15H. The van der Waals surface area contributed by atoms with E-state index in [4.69, 9.17) is 56.6 Å². The van der Waals surface area contributed by atoms with Gasteiger partial charge >= 0.3 is 5.63 Å². The van der Waals surface area contributed by atoms with Crippen LogP contribution in [0.15, 0.2) is 551 Å². The van der Waals surface area contributed by atoms with Gasteiger partial charge in [0.2, 0.25) is 35.3 Å². The Bertz CT molecular complexity index is 8500. The summed E-state index contributed by atoms with van der Waals surface area (Å²) in [4.78, 5) is 51.4. The molecule has 19 aromatic carbocycles. The molecule has 0 saturated carbocycles. The first kappa shape index (κ1) is 93.9. The summed E-state index contributed by atoms with van der Waals surface area (Å²) >= 11 is 0. The molecule has 0 unspecified atom stereocenters. The van der Waals surface area contributed by atoms with Crippen molar-refractivity contribution >= 4 is 55.0 Å². The van der Waals surface area contributed by atoms with E-state index in [1.807, 2.05) is 406 Å². The Balaban J connectivity index is 0.000000104. The van der Waals surface area contributed by atoms with E-state index >= 15 is 0 Å². The van der Waals surface area contributed by atoms with Crippen molar-refractivity contribution in [2.24, 2.45) is 0 Å². The molecule has 0 bridgehead atoms. The number of nitro groups is 1. The lowest BCUT2D eigenvalue weighted by Crippen LogP contribution is -2.02. The van der Waals surface area contributed by atoms with E-state index in [0.717, 1.165) is 151 Å². The number of nitrogen functional groups attached to an aromatic ring is 1. The number of non-ortho nitro benzene ring substituents is 1. The Kier molecular flexibility index (Phi) is 28.0. The molecule has 0 saturated heterocycles. The Morgan fingerprint density at radius 2 is 0.473 bits per heavy atom. The van der Waals surface area contributed by atoms with E-state index < -0.39 is 10.5 Å². The molecule has 7 aromatic heterocycles. The van der Waals surface area contributed by atoms with Crippen LogP contribution in [0.3, 0.4) is 0 Å². The third-order valence-electron chi connectivity index (χ3n) is 24.5. The highest BCUT2D eigenvalue weighted by molar-refractivity contribution is 6.23. The number of rotatable bonds is 17. The zero-order chi connectivity index (χ0) is 100. The molecule has 26 rings (SSSR count). The SMILES string of the molecule is Cc1ccc(-c2nc(-c3ccccc3)c(-c3ccccc3)o2)cc1.Nc1ccc(-c2nc(-c3ccccc3)c(-c3ccccc3)o2)cc1.O=[N+]([O-])c1ccc(-c2nc(-c3ccccc3)c(-c3ccccc3)o2)cc1.O=c1oc2ccccc2cc1-c1nc(-c2ccccc2)c(-c2ccccc2)o1.c1ccc(-c2nc(-c3ccccc3)c(-c3ccccc3)o2)cc1.c1ccc(-c2nc3c4ccccc4c4ccccc4c3o2)cc1. The maximum atomic E-state index is 12.6. The monoisotopic (exact) mass is 1920 g/mol. The van der Waals surface area contributed by atoms with Crippen molar-refractivity contribution in [2.75, 3.05) is 5.73 Å². The highest BCUT2D eigenvalue weighted by Gasteiger charge is 2.26. The average Bonchev–Trinajstić information content (AvgIpc) is 1.56. The average molecular weight is 1920 g/mol. The molecule has 0 amide bonds. The topological polar surface area (TPSA) is 256 Å². The molecule has 148 heavy (non-hydrogen) atoms. The van der Waals surface area contributed by atoms with Crippen LogP contribution < -0.4 is 11.4 Å². The lowest BCUT2D eigenvalue weighted by atomic mass is 10.0. The van der Waals surface area contributed by atoms with E-state index in [0.29, 0.717) is 63.4 Å². The van der Waals surface area contributed by atoms with Gasteiger partial charge in [-0.1, -0.05) is 424 Å². The third-order valence-corrected chi connectivity index (χ3v) is 24.5. The largest absolute Gasteiger partial charge is 0.435 e. The molecular weight excluding hydrogens is 1830 g/mol. The van der Waals surface area contributed by atoms with Crippen molar-refractivity contribution < 1.29 is 35.8 Å². The van der Waals surface area contributed by atoms with E-state index in [9.17, 15) is 14.9 Å². The van der Waals surface area contributed by atoms with Gasteiger partial charge in [0.1, 0.15) is 45.1 Å². The molecule has 18 nitrogen and oxygen atoms in total. The summed E-state index contributed by atoms with van der Waals surface area (Å²) in [6, 6.07) is 168. The minimum Gasteiger partial charge on any atom is -0.435 e. The molecule has 0 radical (unpaired) electrons. The van der Waals surface area contributed by atoms with Gasteiger partial charge in [0.25, 0.3) is 5.69 Å². The predicted molar refractivity (Wildman–Crippen MR) is 590 cm³/mol. The van der Waals surface area contributed by atoms with Gasteiger partial charge in [-0.05, 0) is 103 Å². The number of para-hydroxylation sites is 1. The molecule has 0 aliphatic carbocycles. The van der Waals surface area contributed by atoms with Crippen molar-refractivity contribution in [2.45, 2.75) is 6.92 Å². The van der Waals surface area contributed by atoms with Gasteiger partial charge in [0.05, 0.1) is 4.92 Å². The second-order valence-corrected chi connectivity index (χ2v) is 34.4. The number of aromatic nitrogens is 6. The van der Waals surface area contributed by atoms with Crippen LogP contribution in [0.2, 0.25) is 0 Å². The minimum absolute atomic E-state index is 0.0341. The Morgan fingerprint density at radius 1 is 0.230 bits per heavy atom. The van der Waals surface area contributed by atoms with Crippen LogP contribution in [0.1, 0.15) is 5.56 Å². The maximum absolute atomic E-state index is 12.6. The van der Waals surface area contributed by atoms with Gasteiger partial charge in [-0.15, -0.1) is 0 Å². The fraction of sp³-hybridized carbons (Fsp3) is 0.00769. The summed E-state index contributed by atoms with van der Waals surface area (Å²) in [5.74, 6) is 6.89. The smallest absolute Gasteiger partial charge is 0.349 e. The molecule has 2 N–H and O–H groups in total. The summed E-state index contributed by atoms with van der Waals surface area (Å²) in [5, 5.41) is 16.3. The number of hydrogen-bond acceptors (Lipinski definition) is 17. The van der Waals surface area contributed by atoms with Gasteiger partial charge < -0.3 is 36.7 Å². The van der Waals surface area contributed by atoms with Crippen molar-refractivity contribution in [3.05, 3.63) is 542 Å². The quantitative estimate of drug-likeness (QED) is 0.0292. The van der Waals surface area contributed by atoms with Gasteiger partial charge in [-0.25, -0.2) is 34.7 Å². The van der Waals surface area contributed by atoms with E-state index in [2.05, 4.69) is 89.7 Å². The van der Waals surface area contributed by atoms with Gasteiger partial charge in [0.15, 0.2) is 34.4 Å². The van der Waals surface area contributed by atoms with Crippen LogP contribution >= 0.6 is 0 Å². The summed E-state index contributed by atoms with van der Waals surface area (Å²) in [7, 11) is 0. The fourth-order valence-corrected chi connectivity index (χ4v) is 17.2. The van der Waals surface area contributed by atoms with Crippen LogP contribution in [0.25, 0.3) is 225 Å². The lowest BCUT2D eigenvalue weighted by molar-refractivity contribution is -0.384. The normalized spacial score (nSPS) is 10.8. The van der Waals surface area contributed by atoms with Crippen molar-refractivity contribution in [3.63, 3.8) is 0 Å². The summed E-state index contributed by atoms with van der Waals surface area (Å²) in [6.07, 6.45) is 0. The van der Waals surface area contributed by atoms with Crippen LogP contribution in [0.4, 0.5) is 11.4 Å². The first-order chi connectivity index (χ1) is 73.0. The highest BCUT2D eigenvalue weighted by Crippen LogP contribution is 2.44. The molecule has 26 aromatic rings. The molecule has 0 spiro atoms. The highest BCUT2D eigenvalue weighted by atomic mass is 16.6. The molecule has 0 atom stereocenters. The molecule has 0 fully saturated rings. The first-order valence-electron chi connectivity index (χ1n) is 48.1. The summed E-state index contributed by atoms with van der Waals surface area (Å²) in [5.41, 5.74) is 28.4. The van der Waals surface area contributed by atoms with E-state index in [1.165, 1.54) is 28.5 Å². The zero-order valence-corrected chi connectivity index (χ0v) is 79.9. The van der Waals surface area contributed by atoms with Gasteiger partial charge in [-0.2, -0.15) is 0 Å². The third kappa shape index (κ3) is 21.3. The van der Waals surface area contributed by atoms with Crippen molar-refractivity contribution in [1.29, 1.82) is 0 Å². The second kappa shape index (κ2) is 44.2. The minimum atomic E-state index is -0.473. The number of hydrogen-bond donors (Lipinski definition) is 1. The number of benzene rings is 19. The molecule has 7 heterocycles. The summed E-state index contributed by atoms with van der Waals surface area (Å²) in [6.45, 7) is 2.07. The van der Waals surface area contributed by atoms with E-state index in [1.54, 1.807) is 24.3 Å². The Labute approximate surface area is 851 Å². The van der Waals surface area contributed by atoms with Gasteiger partial charge in [0, 0.05) is 117 Å². The number of fused-ring (bicyclic) bond motifs is 7. The molecule has 710 valence electrons. The number of oxazole rings is 6. The van der Waals surface area contributed by atoms with Crippen molar-refractivity contribution in [3.8, 4) is 182 Å². The number of nitro benzene ring substituents is 1. The van der Waals surface area contributed by atoms with E-state index in [-0.39, 0.29) is 11.6 Å². The van der Waals surface area contributed by atoms with Crippen LogP contribution in [0.5, 0.6) is 0 Å². The number of nitrogens with zero attached hydrogens (tertiary/aromatic N) is 7. The fourth-order valence-electron chi connectivity index (χ4n) is 17.2. The maximum Gasteiger partial charge on any atom is 0.349 e. The van der Waals surface area contributed by atoms with Crippen LogP contribution in [0, 0.1) is 17.0 Å². The second-order valence-electron chi connectivity index (χ2n) is 34.4. The number of aryl methyl sites for hydroxylation is 1. The Hall–Kier alpha value is -20.4. The first-order valence-corrected chi connectivity index (χ1v) is 48.1. The molecule has 0 aliphatic rings. The van der Waals surface area contributed by atoms with Crippen molar-refractivity contribution in [1.82, 2.24) is 29.9 Å². The van der Waals surface area contributed by atoms with Crippen LogP contribution in [-0.2, 0) is 0 Å². The zero-order valence-electron chi connectivity index (χ0n) is 79.9. The number of nitrogens with two attached hydrogens (primary N) is 1. The molecular formula is C130H90N8O10.